The molecule has 2 heteroatoms. The lowest BCUT2D eigenvalue weighted by molar-refractivity contribution is -0.109. The van der Waals surface area contributed by atoms with Crippen molar-refractivity contribution in [3.05, 3.63) is 35.9 Å². The van der Waals surface area contributed by atoms with Crippen LogP contribution in [0.4, 0.5) is 0 Å². The van der Waals surface area contributed by atoms with Crippen LogP contribution in [-0.2, 0) is 10.5 Å². The fourth-order valence-electron chi connectivity index (χ4n) is 0.703. The second-order valence-corrected chi connectivity index (χ2v) is 3.34. The average molecular weight is 165 g/mol. The third kappa shape index (κ3) is 3.23. The number of rotatable bonds is 2. The molecule has 0 spiro atoms. The molecular weight excluding hydrogens is 156 g/mol. The van der Waals surface area contributed by atoms with Crippen LogP contribution in [0.5, 0.6) is 0 Å². The summed E-state index contributed by atoms with van der Waals surface area (Å²) in [6, 6.07) is 10.6. The lowest BCUT2D eigenvalue weighted by Crippen LogP contribution is -1.84. The number of hydrogen-bond acceptors (Lipinski definition) is 2. The highest BCUT2D eigenvalue weighted by Crippen LogP contribution is 2.11. The molecule has 0 bridgehead atoms. The van der Waals surface area contributed by atoms with Gasteiger partial charge in [0.2, 0.25) is 0 Å². The summed E-state index contributed by atoms with van der Waals surface area (Å²) in [7, 11) is 0. The van der Waals surface area contributed by atoms with E-state index >= 15 is 0 Å². The SMILES string of the molecule is CC(=O)SCc1cc[c]cc1. The van der Waals surface area contributed by atoms with Gasteiger partial charge in [0.1, 0.15) is 0 Å². The number of carbonyl (C=O) groups excluding carboxylic acids is 1. The van der Waals surface area contributed by atoms with Gasteiger partial charge in [0.05, 0.1) is 0 Å². The van der Waals surface area contributed by atoms with Crippen LogP contribution in [0.2, 0.25) is 0 Å². The molecule has 0 heterocycles. The quantitative estimate of drug-likeness (QED) is 0.668. The molecule has 1 radical (unpaired) electrons. The van der Waals surface area contributed by atoms with E-state index in [9.17, 15) is 4.79 Å². The van der Waals surface area contributed by atoms with Crippen molar-refractivity contribution in [1.82, 2.24) is 0 Å². The molecule has 11 heavy (non-hydrogen) atoms. The van der Waals surface area contributed by atoms with Crippen molar-refractivity contribution < 1.29 is 4.79 Å². The summed E-state index contributed by atoms with van der Waals surface area (Å²) in [4.78, 5) is 10.6. The Morgan fingerprint density at radius 3 is 2.73 bits per heavy atom. The first-order valence-electron chi connectivity index (χ1n) is 3.37. The fraction of sp³-hybridized carbons (Fsp3) is 0.222. The minimum Gasteiger partial charge on any atom is -0.288 e. The van der Waals surface area contributed by atoms with Gasteiger partial charge in [0.25, 0.3) is 0 Å². The number of carbonyl (C=O) groups is 1. The van der Waals surface area contributed by atoms with Gasteiger partial charge < -0.3 is 0 Å². The van der Waals surface area contributed by atoms with Gasteiger partial charge in [-0.2, -0.15) is 0 Å². The molecular formula is C9H9OS. The van der Waals surface area contributed by atoms with Crippen LogP contribution in [0.3, 0.4) is 0 Å². The van der Waals surface area contributed by atoms with Gasteiger partial charge in [-0.25, -0.2) is 0 Å². The Morgan fingerprint density at radius 1 is 1.55 bits per heavy atom. The van der Waals surface area contributed by atoms with E-state index in [2.05, 4.69) is 6.07 Å². The van der Waals surface area contributed by atoms with E-state index in [1.54, 1.807) is 6.92 Å². The van der Waals surface area contributed by atoms with Gasteiger partial charge in [-0.05, 0) is 11.6 Å². The largest absolute Gasteiger partial charge is 0.288 e. The fourth-order valence-corrected chi connectivity index (χ4v) is 1.26. The zero-order chi connectivity index (χ0) is 8.10. The maximum atomic E-state index is 10.6. The Bertz CT molecular complexity index is 231. The van der Waals surface area contributed by atoms with Crippen LogP contribution in [0.1, 0.15) is 12.5 Å². The van der Waals surface area contributed by atoms with E-state index in [0.29, 0.717) is 0 Å². The second-order valence-electron chi connectivity index (χ2n) is 2.19. The molecule has 0 aliphatic heterocycles. The first-order valence-corrected chi connectivity index (χ1v) is 4.36. The smallest absolute Gasteiger partial charge is 0.186 e. The van der Waals surface area contributed by atoms with Gasteiger partial charge >= 0.3 is 0 Å². The summed E-state index contributed by atoms with van der Waals surface area (Å²) in [5.74, 6) is 0.768. The van der Waals surface area contributed by atoms with Crippen molar-refractivity contribution in [3.63, 3.8) is 0 Å². The molecule has 0 N–H and O–H groups in total. The van der Waals surface area contributed by atoms with Crippen LogP contribution in [0, 0.1) is 6.07 Å². The van der Waals surface area contributed by atoms with Crippen molar-refractivity contribution in [2.24, 2.45) is 0 Å². The van der Waals surface area contributed by atoms with Crippen molar-refractivity contribution in [2.45, 2.75) is 12.7 Å². The Hall–Kier alpha value is -0.760. The predicted molar refractivity (Wildman–Crippen MR) is 47.3 cm³/mol. The van der Waals surface area contributed by atoms with Gasteiger partial charge in [-0.3, -0.25) is 4.79 Å². The van der Waals surface area contributed by atoms with Crippen molar-refractivity contribution in [1.29, 1.82) is 0 Å². The minimum atomic E-state index is 0.165. The van der Waals surface area contributed by atoms with E-state index in [0.717, 1.165) is 5.75 Å². The summed E-state index contributed by atoms with van der Waals surface area (Å²) in [5, 5.41) is 0.165. The van der Waals surface area contributed by atoms with Crippen LogP contribution in [0.25, 0.3) is 0 Å². The highest BCUT2D eigenvalue weighted by molar-refractivity contribution is 8.12. The van der Waals surface area contributed by atoms with E-state index in [1.807, 2.05) is 24.3 Å². The molecule has 0 saturated carbocycles. The Balaban J connectivity index is 2.45. The van der Waals surface area contributed by atoms with Crippen LogP contribution < -0.4 is 0 Å². The third-order valence-electron chi connectivity index (χ3n) is 1.23. The number of benzene rings is 1. The monoisotopic (exact) mass is 165 g/mol. The molecule has 0 amide bonds. The third-order valence-corrected chi connectivity index (χ3v) is 2.11. The number of hydrogen-bond donors (Lipinski definition) is 0. The molecule has 0 atom stereocenters. The molecule has 0 saturated heterocycles. The zero-order valence-electron chi connectivity index (χ0n) is 6.33. The molecule has 0 aromatic heterocycles. The Morgan fingerprint density at radius 2 is 2.18 bits per heavy atom. The first-order chi connectivity index (χ1) is 5.29. The molecule has 1 nitrogen and oxygen atoms in total. The van der Waals surface area contributed by atoms with E-state index in [4.69, 9.17) is 0 Å². The van der Waals surface area contributed by atoms with Crippen LogP contribution in [0.15, 0.2) is 24.3 Å². The molecule has 0 unspecified atom stereocenters. The second kappa shape index (κ2) is 4.19. The zero-order valence-corrected chi connectivity index (χ0v) is 7.15. The number of thioether (sulfide) groups is 1. The summed E-state index contributed by atoms with van der Waals surface area (Å²) in [6.45, 7) is 1.58. The lowest BCUT2D eigenvalue weighted by atomic mass is 10.2. The van der Waals surface area contributed by atoms with Crippen LogP contribution >= 0.6 is 11.8 Å². The molecule has 0 aliphatic carbocycles. The maximum absolute atomic E-state index is 10.6. The minimum absolute atomic E-state index is 0.165. The van der Waals surface area contributed by atoms with Crippen LogP contribution in [-0.4, -0.2) is 5.12 Å². The van der Waals surface area contributed by atoms with E-state index in [-0.39, 0.29) is 5.12 Å². The summed E-state index contributed by atoms with van der Waals surface area (Å²) in [6.07, 6.45) is 0. The van der Waals surface area contributed by atoms with Crippen molar-refractivity contribution >= 4 is 16.9 Å². The maximum Gasteiger partial charge on any atom is 0.186 e. The van der Waals surface area contributed by atoms with Crippen molar-refractivity contribution in [3.8, 4) is 0 Å². The molecule has 0 aliphatic rings. The molecule has 0 fully saturated rings. The summed E-state index contributed by atoms with van der Waals surface area (Å²) < 4.78 is 0. The van der Waals surface area contributed by atoms with E-state index in [1.165, 1.54) is 17.3 Å². The molecule has 1 aromatic carbocycles. The van der Waals surface area contributed by atoms with Gasteiger partial charge in [0, 0.05) is 12.7 Å². The predicted octanol–water partition coefficient (Wildman–Crippen LogP) is 2.27. The van der Waals surface area contributed by atoms with Crippen molar-refractivity contribution in [2.75, 3.05) is 0 Å². The van der Waals surface area contributed by atoms with E-state index < -0.39 is 0 Å². The molecule has 57 valence electrons. The average Bonchev–Trinajstić information content (AvgIpc) is 2.03. The molecule has 1 aromatic rings. The van der Waals surface area contributed by atoms with Gasteiger partial charge in [-0.15, -0.1) is 0 Å². The molecule has 1 rings (SSSR count). The topological polar surface area (TPSA) is 17.1 Å². The summed E-state index contributed by atoms with van der Waals surface area (Å²) in [5.41, 5.74) is 1.17. The highest BCUT2D eigenvalue weighted by Gasteiger charge is 1.94. The standard InChI is InChI=1S/C9H9OS/c1-8(10)11-7-9-5-3-2-4-6-9/h3-6H,7H2,1H3. The first kappa shape index (κ1) is 8.34. The normalized spacial score (nSPS) is 9.55. The Labute approximate surface area is 70.8 Å². The Kier molecular flexibility index (Phi) is 3.17. The van der Waals surface area contributed by atoms with Gasteiger partial charge in [0.15, 0.2) is 5.12 Å². The highest BCUT2D eigenvalue weighted by atomic mass is 32.2. The lowest BCUT2D eigenvalue weighted by Gasteiger charge is -1.95. The van der Waals surface area contributed by atoms with Gasteiger partial charge in [-0.1, -0.05) is 36.0 Å². The summed E-state index contributed by atoms with van der Waals surface area (Å²) >= 11 is 1.33.